The van der Waals surface area contributed by atoms with Crippen LogP contribution in [0.15, 0.2) is 0 Å². The Labute approximate surface area is 113 Å². The minimum Gasteiger partial charge on any atom is -0.346 e. The number of nitrogens with zero attached hydrogens (tertiary/aromatic N) is 3. The van der Waals surface area contributed by atoms with Crippen LogP contribution in [0.3, 0.4) is 0 Å². The number of aryl methyl sites for hydroxylation is 1. The molecule has 0 radical (unpaired) electrons. The lowest BCUT2D eigenvalue weighted by atomic mass is 10.2. The van der Waals surface area contributed by atoms with Crippen molar-refractivity contribution in [2.45, 2.75) is 38.8 Å². The molecule has 0 spiro atoms. The van der Waals surface area contributed by atoms with Gasteiger partial charge in [0.2, 0.25) is 0 Å². The summed E-state index contributed by atoms with van der Waals surface area (Å²) < 4.78 is 0. The first-order valence-electron chi connectivity index (χ1n) is 6.93. The molecule has 2 N–H and O–H groups in total. The average molecular weight is 266 g/mol. The van der Waals surface area contributed by atoms with Crippen LogP contribution in [0.25, 0.3) is 0 Å². The molecule has 2 aliphatic rings. The van der Waals surface area contributed by atoms with Crippen molar-refractivity contribution in [3.63, 3.8) is 0 Å². The summed E-state index contributed by atoms with van der Waals surface area (Å²) in [5.41, 5.74) is 6.87. The first-order chi connectivity index (χ1) is 8.78. The van der Waals surface area contributed by atoms with Gasteiger partial charge < -0.3 is 10.6 Å². The fourth-order valence-electron chi connectivity index (χ4n) is 3.12. The standard InChI is InChI=1S/C13H22N4S/c1-10-12(8-14)18-13(15-10)17-7-3-6-16-5-2-4-11(16)9-17/h11H,2-9,14H2,1H3. The van der Waals surface area contributed by atoms with Crippen molar-refractivity contribution in [3.8, 4) is 0 Å². The molecule has 2 saturated heterocycles. The van der Waals surface area contributed by atoms with Crippen LogP contribution in [0.4, 0.5) is 5.13 Å². The van der Waals surface area contributed by atoms with Gasteiger partial charge in [0.15, 0.2) is 5.13 Å². The van der Waals surface area contributed by atoms with Gasteiger partial charge >= 0.3 is 0 Å². The second-order valence-electron chi connectivity index (χ2n) is 5.34. The first-order valence-corrected chi connectivity index (χ1v) is 7.75. The zero-order valence-corrected chi connectivity index (χ0v) is 11.9. The Kier molecular flexibility index (Phi) is 3.54. The van der Waals surface area contributed by atoms with Gasteiger partial charge in [0.25, 0.3) is 0 Å². The number of thiazole rings is 1. The molecule has 18 heavy (non-hydrogen) atoms. The fourth-order valence-corrected chi connectivity index (χ4v) is 4.09. The molecular weight excluding hydrogens is 244 g/mol. The van der Waals surface area contributed by atoms with Gasteiger partial charge in [-0.15, -0.1) is 11.3 Å². The van der Waals surface area contributed by atoms with Crippen molar-refractivity contribution in [1.82, 2.24) is 9.88 Å². The highest BCUT2D eigenvalue weighted by Crippen LogP contribution is 2.29. The van der Waals surface area contributed by atoms with Gasteiger partial charge in [0, 0.05) is 37.1 Å². The van der Waals surface area contributed by atoms with Gasteiger partial charge in [0.05, 0.1) is 5.69 Å². The highest BCUT2D eigenvalue weighted by Gasteiger charge is 2.29. The zero-order valence-electron chi connectivity index (χ0n) is 11.1. The summed E-state index contributed by atoms with van der Waals surface area (Å²) in [6, 6.07) is 0.748. The molecule has 0 aliphatic carbocycles. The molecule has 0 saturated carbocycles. The van der Waals surface area contributed by atoms with Crippen molar-refractivity contribution >= 4 is 16.5 Å². The van der Waals surface area contributed by atoms with E-state index in [1.807, 2.05) is 0 Å². The Morgan fingerprint density at radius 1 is 1.33 bits per heavy atom. The SMILES string of the molecule is Cc1nc(N2CCCN3CCCC3C2)sc1CN. The summed E-state index contributed by atoms with van der Waals surface area (Å²) >= 11 is 1.78. The van der Waals surface area contributed by atoms with E-state index in [4.69, 9.17) is 10.7 Å². The summed E-state index contributed by atoms with van der Waals surface area (Å²) in [7, 11) is 0. The molecule has 1 aromatic heterocycles. The second kappa shape index (κ2) is 5.15. The van der Waals surface area contributed by atoms with Crippen LogP contribution in [0.2, 0.25) is 0 Å². The largest absolute Gasteiger partial charge is 0.346 e. The lowest BCUT2D eigenvalue weighted by Gasteiger charge is -2.25. The molecular formula is C13H22N4S. The molecule has 1 atom stereocenters. The molecule has 1 aromatic rings. The second-order valence-corrected chi connectivity index (χ2v) is 6.40. The molecule has 0 amide bonds. The van der Waals surface area contributed by atoms with Crippen LogP contribution in [-0.2, 0) is 6.54 Å². The van der Waals surface area contributed by atoms with Crippen LogP contribution >= 0.6 is 11.3 Å². The molecule has 0 bridgehead atoms. The number of hydrogen-bond donors (Lipinski definition) is 1. The van der Waals surface area contributed by atoms with Crippen molar-refractivity contribution in [1.29, 1.82) is 0 Å². The van der Waals surface area contributed by atoms with Gasteiger partial charge in [0.1, 0.15) is 0 Å². The Balaban J connectivity index is 1.78. The minimum atomic E-state index is 0.618. The van der Waals surface area contributed by atoms with Crippen LogP contribution in [-0.4, -0.2) is 42.1 Å². The smallest absolute Gasteiger partial charge is 0.185 e. The number of fused-ring (bicyclic) bond motifs is 1. The normalized spacial score (nSPS) is 25.2. The van der Waals surface area contributed by atoms with Crippen molar-refractivity contribution < 1.29 is 0 Å². The highest BCUT2D eigenvalue weighted by atomic mass is 32.1. The first kappa shape index (κ1) is 12.4. The maximum atomic E-state index is 5.75. The van der Waals surface area contributed by atoms with E-state index in [2.05, 4.69) is 16.7 Å². The number of rotatable bonds is 2. The number of aromatic nitrogens is 1. The Morgan fingerprint density at radius 3 is 2.94 bits per heavy atom. The zero-order chi connectivity index (χ0) is 12.5. The lowest BCUT2D eigenvalue weighted by Crippen LogP contribution is -2.36. The monoisotopic (exact) mass is 266 g/mol. The average Bonchev–Trinajstić information content (AvgIpc) is 2.90. The molecule has 3 rings (SSSR count). The molecule has 2 aliphatic heterocycles. The maximum absolute atomic E-state index is 5.75. The number of hydrogen-bond acceptors (Lipinski definition) is 5. The molecule has 2 fully saturated rings. The van der Waals surface area contributed by atoms with E-state index in [0.717, 1.165) is 24.8 Å². The molecule has 100 valence electrons. The lowest BCUT2D eigenvalue weighted by molar-refractivity contribution is 0.273. The quantitative estimate of drug-likeness (QED) is 0.883. The minimum absolute atomic E-state index is 0.618. The predicted molar refractivity (Wildman–Crippen MR) is 76.2 cm³/mol. The highest BCUT2D eigenvalue weighted by molar-refractivity contribution is 7.15. The topological polar surface area (TPSA) is 45.4 Å². The van der Waals surface area contributed by atoms with E-state index in [1.165, 1.54) is 42.4 Å². The van der Waals surface area contributed by atoms with Gasteiger partial charge in [-0.1, -0.05) is 0 Å². The van der Waals surface area contributed by atoms with E-state index in [0.29, 0.717) is 6.54 Å². The molecule has 3 heterocycles. The van der Waals surface area contributed by atoms with Crippen LogP contribution in [0.1, 0.15) is 29.8 Å². The summed E-state index contributed by atoms with van der Waals surface area (Å²) in [4.78, 5) is 11.1. The molecule has 5 heteroatoms. The predicted octanol–water partition coefficient (Wildman–Crippen LogP) is 1.58. The summed E-state index contributed by atoms with van der Waals surface area (Å²) in [6.07, 6.45) is 3.97. The van der Waals surface area contributed by atoms with Crippen LogP contribution < -0.4 is 10.6 Å². The van der Waals surface area contributed by atoms with E-state index in [-0.39, 0.29) is 0 Å². The molecule has 1 unspecified atom stereocenters. The molecule has 4 nitrogen and oxygen atoms in total. The summed E-state index contributed by atoms with van der Waals surface area (Å²) in [5.74, 6) is 0. The van der Waals surface area contributed by atoms with E-state index in [9.17, 15) is 0 Å². The number of nitrogens with two attached hydrogens (primary N) is 1. The third-order valence-corrected chi connectivity index (χ3v) is 5.38. The van der Waals surface area contributed by atoms with Gasteiger partial charge in [-0.25, -0.2) is 4.98 Å². The van der Waals surface area contributed by atoms with Crippen molar-refractivity contribution in [2.24, 2.45) is 5.73 Å². The van der Waals surface area contributed by atoms with E-state index >= 15 is 0 Å². The Hall–Kier alpha value is -0.650. The Morgan fingerprint density at radius 2 is 2.17 bits per heavy atom. The summed E-state index contributed by atoms with van der Waals surface area (Å²) in [6.45, 7) is 7.54. The Bertz CT molecular complexity index is 417. The van der Waals surface area contributed by atoms with Gasteiger partial charge in [-0.05, 0) is 32.7 Å². The van der Waals surface area contributed by atoms with E-state index in [1.54, 1.807) is 11.3 Å². The van der Waals surface area contributed by atoms with Crippen LogP contribution in [0.5, 0.6) is 0 Å². The third-order valence-electron chi connectivity index (χ3n) is 4.14. The van der Waals surface area contributed by atoms with E-state index < -0.39 is 0 Å². The van der Waals surface area contributed by atoms with Gasteiger partial charge in [-0.3, -0.25) is 4.90 Å². The summed E-state index contributed by atoms with van der Waals surface area (Å²) in [5, 5.41) is 1.18. The third kappa shape index (κ3) is 2.27. The number of anilines is 1. The van der Waals surface area contributed by atoms with Gasteiger partial charge in [-0.2, -0.15) is 0 Å². The fraction of sp³-hybridized carbons (Fsp3) is 0.769. The van der Waals surface area contributed by atoms with Crippen molar-refractivity contribution in [3.05, 3.63) is 10.6 Å². The van der Waals surface area contributed by atoms with Crippen molar-refractivity contribution in [2.75, 3.05) is 31.1 Å². The molecule has 0 aromatic carbocycles. The maximum Gasteiger partial charge on any atom is 0.185 e. The van der Waals surface area contributed by atoms with Crippen LogP contribution in [0, 0.1) is 6.92 Å².